The standard InChI is InChI=1S/C17H29NO/c1-16(2,3)12-9-13-18-17(4,5)14-10-7-8-11-15(14)19-6/h7-8,10-11,18H,9,12-13H2,1-6H3. The zero-order valence-corrected chi connectivity index (χ0v) is 13.3. The molecule has 0 atom stereocenters. The number of hydrogen-bond donors (Lipinski definition) is 1. The van der Waals surface area contributed by atoms with E-state index < -0.39 is 0 Å². The van der Waals surface area contributed by atoms with Crippen LogP contribution in [-0.4, -0.2) is 13.7 Å². The van der Waals surface area contributed by atoms with E-state index >= 15 is 0 Å². The molecule has 19 heavy (non-hydrogen) atoms. The van der Waals surface area contributed by atoms with Crippen molar-refractivity contribution < 1.29 is 4.74 Å². The first-order chi connectivity index (χ1) is 8.76. The molecule has 0 radical (unpaired) electrons. The molecule has 0 aliphatic rings. The lowest BCUT2D eigenvalue weighted by Gasteiger charge is -2.29. The molecule has 108 valence electrons. The molecule has 1 N–H and O–H groups in total. The quantitative estimate of drug-likeness (QED) is 0.771. The molecule has 1 rings (SSSR count). The van der Waals surface area contributed by atoms with Crippen LogP contribution < -0.4 is 10.1 Å². The van der Waals surface area contributed by atoms with Crippen molar-refractivity contribution >= 4 is 0 Å². The predicted octanol–water partition coefficient (Wildman–Crippen LogP) is 4.35. The second-order valence-electron chi connectivity index (χ2n) is 6.92. The summed E-state index contributed by atoms with van der Waals surface area (Å²) in [4.78, 5) is 0. The molecule has 0 saturated carbocycles. The Balaban J connectivity index is 2.60. The Morgan fingerprint density at radius 3 is 2.26 bits per heavy atom. The van der Waals surface area contributed by atoms with Gasteiger partial charge in [-0.2, -0.15) is 0 Å². The molecule has 0 aliphatic carbocycles. The Morgan fingerprint density at radius 2 is 1.68 bits per heavy atom. The molecule has 0 spiro atoms. The van der Waals surface area contributed by atoms with Gasteiger partial charge in [0.1, 0.15) is 5.75 Å². The molecule has 0 heterocycles. The second kappa shape index (κ2) is 6.42. The molecular formula is C17H29NO. The van der Waals surface area contributed by atoms with Crippen LogP contribution in [0.5, 0.6) is 5.75 Å². The topological polar surface area (TPSA) is 21.3 Å². The SMILES string of the molecule is COc1ccccc1C(C)(C)NCCCC(C)(C)C. The van der Waals surface area contributed by atoms with Crippen molar-refractivity contribution in [3.05, 3.63) is 29.8 Å². The number of hydrogen-bond acceptors (Lipinski definition) is 2. The first kappa shape index (κ1) is 16.0. The fraction of sp³-hybridized carbons (Fsp3) is 0.647. The van der Waals surface area contributed by atoms with Crippen LogP contribution in [0.25, 0.3) is 0 Å². The number of para-hydroxylation sites is 1. The third kappa shape index (κ3) is 5.23. The van der Waals surface area contributed by atoms with E-state index in [9.17, 15) is 0 Å². The largest absolute Gasteiger partial charge is 0.496 e. The summed E-state index contributed by atoms with van der Waals surface area (Å²) in [5.41, 5.74) is 1.56. The van der Waals surface area contributed by atoms with Gasteiger partial charge in [-0.3, -0.25) is 0 Å². The summed E-state index contributed by atoms with van der Waals surface area (Å²) < 4.78 is 5.45. The van der Waals surface area contributed by atoms with Crippen molar-refractivity contribution in [3.8, 4) is 5.75 Å². The fourth-order valence-electron chi connectivity index (χ4n) is 2.28. The van der Waals surface area contributed by atoms with Gasteiger partial charge in [-0.15, -0.1) is 0 Å². The molecule has 1 aromatic rings. The first-order valence-corrected chi connectivity index (χ1v) is 7.15. The van der Waals surface area contributed by atoms with Gasteiger partial charge in [0.2, 0.25) is 0 Å². The molecule has 0 unspecified atom stereocenters. The minimum Gasteiger partial charge on any atom is -0.496 e. The molecule has 0 aromatic heterocycles. The summed E-state index contributed by atoms with van der Waals surface area (Å²) in [6, 6.07) is 8.23. The van der Waals surface area contributed by atoms with Crippen LogP contribution in [0.15, 0.2) is 24.3 Å². The zero-order valence-electron chi connectivity index (χ0n) is 13.3. The van der Waals surface area contributed by atoms with Gasteiger partial charge in [0.05, 0.1) is 7.11 Å². The molecular weight excluding hydrogens is 234 g/mol. The summed E-state index contributed by atoms with van der Waals surface area (Å²) in [6.07, 6.45) is 2.43. The third-order valence-electron chi connectivity index (χ3n) is 3.45. The minimum absolute atomic E-state index is 0.0650. The first-order valence-electron chi connectivity index (χ1n) is 7.15. The predicted molar refractivity (Wildman–Crippen MR) is 82.7 cm³/mol. The Bertz CT molecular complexity index is 390. The van der Waals surface area contributed by atoms with Crippen LogP contribution in [0.1, 0.15) is 53.0 Å². The monoisotopic (exact) mass is 263 g/mol. The Hall–Kier alpha value is -1.02. The Morgan fingerprint density at radius 1 is 1.05 bits per heavy atom. The van der Waals surface area contributed by atoms with E-state index in [0.29, 0.717) is 5.41 Å². The van der Waals surface area contributed by atoms with Gasteiger partial charge in [-0.25, -0.2) is 0 Å². The highest BCUT2D eigenvalue weighted by Crippen LogP contribution is 2.29. The lowest BCUT2D eigenvalue weighted by molar-refractivity contribution is 0.326. The maximum atomic E-state index is 5.45. The molecule has 2 nitrogen and oxygen atoms in total. The molecule has 0 aliphatic heterocycles. The summed E-state index contributed by atoms with van der Waals surface area (Å²) in [5.74, 6) is 0.954. The van der Waals surface area contributed by atoms with Gasteiger partial charge in [-0.05, 0) is 44.7 Å². The van der Waals surface area contributed by atoms with E-state index in [-0.39, 0.29) is 5.54 Å². The highest BCUT2D eigenvalue weighted by molar-refractivity contribution is 5.38. The third-order valence-corrected chi connectivity index (χ3v) is 3.45. The average Bonchev–Trinajstić information content (AvgIpc) is 2.33. The lowest BCUT2D eigenvalue weighted by Crippen LogP contribution is -2.37. The maximum Gasteiger partial charge on any atom is 0.123 e. The molecule has 1 aromatic carbocycles. The van der Waals surface area contributed by atoms with Crippen molar-refractivity contribution in [1.82, 2.24) is 5.32 Å². The molecule has 0 saturated heterocycles. The van der Waals surface area contributed by atoms with Crippen molar-refractivity contribution in [2.45, 2.75) is 53.0 Å². The van der Waals surface area contributed by atoms with Gasteiger partial charge in [0.25, 0.3) is 0 Å². The number of methoxy groups -OCH3 is 1. The minimum atomic E-state index is -0.0650. The average molecular weight is 263 g/mol. The lowest BCUT2D eigenvalue weighted by atomic mass is 9.89. The van der Waals surface area contributed by atoms with E-state index in [1.54, 1.807) is 7.11 Å². The van der Waals surface area contributed by atoms with Crippen LogP contribution in [-0.2, 0) is 5.54 Å². The van der Waals surface area contributed by atoms with Gasteiger partial charge in [0.15, 0.2) is 0 Å². The number of benzene rings is 1. The zero-order chi connectivity index (χ0) is 14.5. The highest BCUT2D eigenvalue weighted by Gasteiger charge is 2.23. The van der Waals surface area contributed by atoms with E-state index in [4.69, 9.17) is 4.74 Å². The summed E-state index contributed by atoms with van der Waals surface area (Å²) in [5, 5.41) is 3.64. The molecule has 0 bridgehead atoms. The molecule has 2 heteroatoms. The summed E-state index contributed by atoms with van der Waals surface area (Å²) >= 11 is 0. The number of rotatable bonds is 6. The second-order valence-corrected chi connectivity index (χ2v) is 6.92. The van der Waals surface area contributed by atoms with Crippen LogP contribution in [0.4, 0.5) is 0 Å². The van der Waals surface area contributed by atoms with Gasteiger partial charge >= 0.3 is 0 Å². The van der Waals surface area contributed by atoms with Crippen LogP contribution in [0.2, 0.25) is 0 Å². The molecule has 0 fully saturated rings. The van der Waals surface area contributed by atoms with Gasteiger partial charge in [-0.1, -0.05) is 39.0 Å². The smallest absolute Gasteiger partial charge is 0.123 e. The van der Waals surface area contributed by atoms with Gasteiger partial charge < -0.3 is 10.1 Å². The van der Waals surface area contributed by atoms with Crippen molar-refractivity contribution in [1.29, 1.82) is 0 Å². The van der Waals surface area contributed by atoms with Gasteiger partial charge in [0, 0.05) is 11.1 Å². The summed E-state index contributed by atoms with van der Waals surface area (Å²) in [7, 11) is 1.73. The highest BCUT2D eigenvalue weighted by atomic mass is 16.5. The van der Waals surface area contributed by atoms with Crippen LogP contribution in [0.3, 0.4) is 0 Å². The Labute approximate surface area is 118 Å². The summed E-state index contributed by atoms with van der Waals surface area (Å²) in [6.45, 7) is 12.3. The van der Waals surface area contributed by atoms with E-state index in [1.807, 2.05) is 12.1 Å². The van der Waals surface area contributed by atoms with Crippen molar-refractivity contribution in [2.75, 3.05) is 13.7 Å². The maximum absolute atomic E-state index is 5.45. The molecule has 0 amide bonds. The van der Waals surface area contributed by atoms with Crippen molar-refractivity contribution in [3.63, 3.8) is 0 Å². The number of nitrogens with one attached hydrogen (secondary N) is 1. The normalized spacial score (nSPS) is 12.5. The van der Waals surface area contributed by atoms with Crippen molar-refractivity contribution in [2.24, 2.45) is 5.41 Å². The Kier molecular flexibility index (Phi) is 5.42. The fourth-order valence-corrected chi connectivity index (χ4v) is 2.28. The van der Waals surface area contributed by atoms with E-state index in [2.05, 4.69) is 52.1 Å². The van der Waals surface area contributed by atoms with E-state index in [0.717, 1.165) is 12.3 Å². The van der Waals surface area contributed by atoms with Crippen LogP contribution in [0, 0.1) is 5.41 Å². The number of ether oxygens (including phenoxy) is 1. The van der Waals surface area contributed by atoms with Crippen LogP contribution >= 0.6 is 0 Å². The van der Waals surface area contributed by atoms with E-state index in [1.165, 1.54) is 18.4 Å².